The molecule has 2 unspecified atom stereocenters. The summed E-state index contributed by atoms with van der Waals surface area (Å²) in [5, 5.41) is 26.2. The van der Waals surface area contributed by atoms with Crippen LogP contribution in [0, 0.1) is 11.8 Å². The molecule has 12 heteroatoms. The molecule has 5 N–H and O–H groups in total. The molecule has 278 valence electrons. The Morgan fingerprint density at radius 3 is 2.25 bits per heavy atom. The Hall–Kier alpha value is -4.81. The fourth-order valence-electron chi connectivity index (χ4n) is 5.78. The molecule has 0 fully saturated rings. The van der Waals surface area contributed by atoms with Crippen LogP contribution < -0.4 is 21.3 Å². The van der Waals surface area contributed by atoms with Crippen molar-refractivity contribution in [2.75, 3.05) is 6.54 Å². The van der Waals surface area contributed by atoms with E-state index in [1.54, 1.807) is 10.9 Å². The maximum atomic E-state index is 14.1. The number of aromatic nitrogens is 1. The van der Waals surface area contributed by atoms with Gasteiger partial charge in [0.1, 0.15) is 18.7 Å². The molecule has 0 saturated heterocycles. The minimum Gasteiger partial charge on any atom is -0.445 e. The molecule has 52 heavy (non-hydrogen) atoms. The zero-order valence-electron chi connectivity index (χ0n) is 30.3. The number of fused-ring (bicyclic) bond motifs is 1. The first-order valence-electron chi connectivity index (χ1n) is 17.9. The largest absolute Gasteiger partial charge is 0.445 e. The molecule has 0 aliphatic rings. The Morgan fingerprint density at radius 1 is 0.846 bits per heavy atom. The third-order valence-corrected chi connectivity index (χ3v) is 9.55. The summed E-state index contributed by atoms with van der Waals surface area (Å²) in [6, 6.07) is 19.8. The Morgan fingerprint density at radius 2 is 1.54 bits per heavy atom. The van der Waals surface area contributed by atoms with Crippen molar-refractivity contribution in [3.8, 4) is 0 Å². The van der Waals surface area contributed by atoms with Crippen molar-refractivity contribution in [3.05, 3.63) is 101 Å². The lowest BCUT2D eigenvalue weighted by molar-refractivity contribution is -0.131. The number of hydrogen-bond donors (Lipinski definition) is 5. The van der Waals surface area contributed by atoms with E-state index in [1.807, 2.05) is 100 Å². The van der Waals surface area contributed by atoms with Crippen LogP contribution in [0.1, 0.15) is 63.8 Å². The minimum absolute atomic E-state index is 0.0132. The third-order valence-electron chi connectivity index (χ3n) is 8.91. The van der Waals surface area contributed by atoms with E-state index >= 15 is 0 Å². The van der Waals surface area contributed by atoms with Gasteiger partial charge in [-0.3, -0.25) is 14.4 Å². The average molecular weight is 730 g/mol. The smallest absolute Gasteiger partial charge is 0.408 e. The summed E-state index contributed by atoms with van der Waals surface area (Å²) in [6.07, 6.45) is -0.607. The van der Waals surface area contributed by atoms with E-state index in [-0.39, 0.29) is 37.7 Å². The van der Waals surface area contributed by atoms with Crippen LogP contribution >= 0.6 is 11.3 Å². The first-order valence-corrected chi connectivity index (χ1v) is 18.8. The molecule has 0 saturated carbocycles. The number of alkyl carbamates (subject to hydrolysis) is 1. The number of aliphatic hydroxyl groups is 1. The van der Waals surface area contributed by atoms with Gasteiger partial charge in [-0.25, -0.2) is 9.78 Å². The number of carbonyl (C=O) groups is 4. The van der Waals surface area contributed by atoms with Gasteiger partial charge in [0, 0.05) is 24.8 Å². The number of ether oxygens (including phenoxy) is 1. The van der Waals surface area contributed by atoms with Crippen LogP contribution in [0.4, 0.5) is 4.79 Å². The molecular formula is C40H51N5O6S. The lowest BCUT2D eigenvalue weighted by Crippen LogP contribution is -2.57. The molecule has 4 rings (SSSR count). The van der Waals surface area contributed by atoms with Gasteiger partial charge in [0.25, 0.3) is 0 Å². The van der Waals surface area contributed by atoms with Gasteiger partial charge in [-0.05, 0) is 40.2 Å². The van der Waals surface area contributed by atoms with E-state index < -0.39 is 42.1 Å². The average Bonchev–Trinajstić information content (AvgIpc) is 3.65. The second-order valence-corrected chi connectivity index (χ2v) is 14.4. The summed E-state index contributed by atoms with van der Waals surface area (Å²) in [5.41, 5.74) is 3.85. The highest BCUT2D eigenvalue weighted by atomic mass is 32.1. The zero-order chi connectivity index (χ0) is 37.5. The molecular weight excluding hydrogens is 679 g/mol. The summed E-state index contributed by atoms with van der Waals surface area (Å²) in [5.74, 6) is -1.05. The van der Waals surface area contributed by atoms with E-state index in [1.165, 1.54) is 11.3 Å². The highest BCUT2D eigenvalue weighted by molar-refractivity contribution is 7.07. The van der Waals surface area contributed by atoms with Crippen molar-refractivity contribution >= 4 is 45.9 Å². The molecule has 0 radical (unpaired) electrons. The maximum Gasteiger partial charge on any atom is 0.408 e. The summed E-state index contributed by atoms with van der Waals surface area (Å²) >= 11 is 1.36. The van der Waals surface area contributed by atoms with Gasteiger partial charge in [0.05, 0.1) is 29.8 Å². The number of hydrogen-bond acceptors (Lipinski definition) is 8. The van der Waals surface area contributed by atoms with Gasteiger partial charge in [0.15, 0.2) is 0 Å². The fraction of sp³-hybridized carbons (Fsp3) is 0.425. The first kappa shape index (κ1) is 40.0. The van der Waals surface area contributed by atoms with E-state index in [0.29, 0.717) is 24.6 Å². The molecule has 4 aromatic rings. The third kappa shape index (κ3) is 12.8. The van der Waals surface area contributed by atoms with Crippen LogP contribution in [0.3, 0.4) is 0 Å². The highest BCUT2D eigenvalue weighted by Gasteiger charge is 2.32. The molecule has 0 aliphatic heterocycles. The van der Waals surface area contributed by atoms with Crippen LogP contribution in [0.2, 0.25) is 0 Å². The normalized spacial score (nSPS) is 14.1. The van der Waals surface area contributed by atoms with E-state index in [0.717, 1.165) is 28.3 Å². The molecule has 0 spiro atoms. The molecule has 1 aromatic heterocycles. The summed E-state index contributed by atoms with van der Waals surface area (Å²) < 4.78 is 5.48. The molecule has 5 atom stereocenters. The van der Waals surface area contributed by atoms with Crippen molar-refractivity contribution in [1.82, 2.24) is 26.3 Å². The number of nitrogens with zero attached hydrogens (tertiary/aromatic N) is 1. The molecule has 4 amide bonds. The predicted molar refractivity (Wildman–Crippen MR) is 203 cm³/mol. The van der Waals surface area contributed by atoms with Crippen molar-refractivity contribution in [2.24, 2.45) is 11.8 Å². The van der Waals surface area contributed by atoms with Crippen LogP contribution in [-0.2, 0) is 38.6 Å². The molecule has 3 aromatic carbocycles. The molecule has 0 aliphatic carbocycles. The summed E-state index contributed by atoms with van der Waals surface area (Å²) in [7, 11) is 0. The number of rotatable bonds is 19. The molecule has 1 heterocycles. The van der Waals surface area contributed by atoms with Gasteiger partial charge < -0.3 is 31.1 Å². The SMILES string of the molecule is CCC(C)CNC(=O)C[C@H](O)[C@H](CC(C)C)NC(=O)C(Cc1cscn1)NC(=O)[C@H](Cc1cccc2ccccc12)NC(=O)OCc1ccccc1. The standard InChI is InChI=1S/C40H51N5O6S/c1-5-27(4)22-41-37(47)21-36(46)33(18-26(2)3)43-39(49)35(20-31-24-52-25-42-31)44-38(48)34(45-40(50)51-23-28-12-7-6-8-13-28)19-30-16-11-15-29-14-9-10-17-32(29)30/h6-17,24-27,33-36,46H,5,18-23H2,1-4H3,(H,41,47)(H,43,49)(H,44,48)(H,45,50)/t27?,33-,34-,35?,36-/m0/s1. The van der Waals surface area contributed by atoms with Gasteiger partial charge >= 0.3 is 6.09 Å². The first-order chi connectivity index (χ1) is 25.0. The Kier molecular flexibility index (Phi) is 15.6. The zero-order valence-corrected chi connectivity index (χ0v) is 31.2. The van der Waals surface area contributed by atoms with Crippen LogP contribution in [0.5, 0.6) is 0 Å². The number of aliphatic hydroxyl groups excluding tert-OH is 1. The van der Waals surface area contributed by atoms with E-state index in [2.05, 4.69) is 26.3 Å². The second kappa shape index (κ2) is 20.3. The van der Waals surface area contributed by atoms with Crippen molar-refractivity contribution in [1.29, 1.82) is 0 Å². The van der Waals surface area contributed by atoms with Crippen molar-refractivity contribution in [3.63, 3.8) is 0 Å². The Balaban J connectivity index is 1.54. The Labute approximate surface area is 310 Å². The number of nitrogens with one attached hydrogen (secondary N) is 4. The fourth-order valence-corrected chi connectivity index (χ4v) is 6.35. The number of benzene rings is 3. The van der Waals surface area contributed by atoms with Gasteiger partial charge in [0.2, 0.25) is 17.7 Å². The predicted octanol–water partition coefficient (Wildman–Crippen LogP) is 5.31. The quantitative estimate of drug-likeness (QED) is 0.0876. The topological polar surface area (TPSA) is 159 Å². The van der Waals surface area contributed by atoms with Gasteiger partial charge in [-0.2, -0.15) is 0 Å². The van der Waals surface area contributed by atoms with E-state index in [4.69, 9.17) is 4.74 Å². The molecule has 11 nitrogen and oxygen atoms in total. The van der Waals surface area contributed by atoms with Crippen molar-refractivity contribution in [2.45, 2.75) is 90.6 Å². The van der Waals surface area contributed by atoms with Crippen LogP contribution in [-0.4, -0.2) is 64.7 Å². The Bertz CT molecular complexity index is 1730. The number of carbonyl (C=O) groups excluding carboxylic acids is 4. The van der Waals surface area contributed by atoms with Gasteiger partial charge in [-0.15, -0.1) is 11.3 Å². The lowest BCUT2D eigenvalue weighted by Gasteiger charge is -2.29. The molecule has 0 bridgehead atoms. The summed E-state index contributed by atoms with van der Waals surface area (Å²) in [6.45, 7) is 8.51. The number of amides is 4. The monoisotopic (exact) mass is 729 g/mol. The number of thiazole rings is 1. The van der Waals surface area contributed by atoms with Crippen molar-refractivity contribution < 1.29 is 29.0 Å². The van der Waals surface area contributed by atoms with Crippen LogP contribution in [0.15, 0.2) is 83.7 Å². The van der Waals surface area contributed by atoms with Gasteiger partial charge in [-0.1, -0.05) is 107 Å². The maximum absolute atomic E-state index is 14.1. The minimum atomic E-state index is -1.15. The second-order valence-electron chi connectivity index (χ2n) is 13.7. The van der Waals surface area contributed by atoms with Crippen LogP contribution in [0.25, 0.3) is 10.8 Å². The lowest BCUT2D eigenvalue weighted by atomic mass is 9.96. The highest BCUT2D eigenvalue weighted by Crippen LogP contribution is 2.20. The van der Waals surface area contributed by atoms with E-state index in [9.17, 15) is 24.3 Å². The summed E-state index contributed by atoms with van der Waals surface area (Å²) in [4.78, 5) is 58.3.